The van der Waals surface area contributed by atoms with E-state index in [4.69, 9.17) is 5.11 Å². The van der Waals surface area contributed by atoms with Crippen LogP contribution in [-0.4, -0.2) is 31.5 Å². The molecule has 2 aromatic heterocycles. The van der Waals surface area contributed by atoms with Gasteiger partial charge in [0.1, 0.15) is 18.1 Å². The molecule has 0 bridgehead atoms. The molecule has 3 aromatic rings. The molecule has 0 unspecified atom stereocenters. The lowest BCUT2D eigenvalue weighted by Gasteiger charge is -2.08. The van der Waals surface area contributed by atoms with Gasteiger partial charge in [-0.3, -0.25) is 14.2 Å². The minimum Gasteiger partial charge on any atom is -0.477 e. The van der Waals surface area contributed by atoms with Crippen LogP contribution >= 0.6 is 0 Å². The third-order valence-electron chi connectivity index (χ3n) is 3.36. The van der Waals surface area contributed by atoms with E-state index >= 15 is 0 Å². The number of aromatic nitrogens is 3. The van der Waals surface area contributed by atoms with Gasteiger partial charge in [0.05, 0.1) is 17.2 Å². The molecule has 126 valence electrons. The Hall–Kier alpha value is -3.62. The molecular formula is C16H11FN4O4. The maximum absolute atomic E-state index is 13.3. The summed E-state index contributed by atoms with van der Waals surface area (Å²) in [6.07, 6.45) is 2.43. The zero-order valence-corrected chi connectivity index (χ0v) is 12.6. The van der Waals surface area contributed by atoms with E-state index in [1.807, 2.05) is 0 Å². The number of hydrogen-bond donors (Lipinski definition) is 2. The summed E-state index contributed by atoms with van der Waals surface area (Å²) in [6.45, 7) is -0.358. The lowest BCUT2D eigenvalue weighted by Crippen LogP contribution is -2.28. The molecule has 1 amide bonds. The number of benzene rings is 1. The Morgan fingerprint density at radius 2 is 2.00 bits per heavy atom. The monoisotopic (exact) mass is 342 g/mol. The first kappa shape index (κ1) is 16.2. The minimum atomic E-state index is -1.23. The summed E-state index contributed by atoms with van der Waals surface area (Å²) in [4.78, 5) is 42.9. The normalized spacial score (nSPS) is 10.6. The molecular weight excluding hydrogens is 331 g/mol. The SMILES string of the molecule is O=C(Cn1cnc2ccc(F)cc2c1=O)Nc1ccnc(C(=O)O)c1. The van der Waals surface area contributed by atoms with Crippen molar-refractivity contribution in [3.63, 3.8) is 0 Å². The number of nitrogens with zero attached hydrogens (tertiary/aromatic N) is 3. The summed E-state index contributed by atoms with van der Waals surface area (Å²) in [7, 11) is 0. The maximum Gasteiger partial charge on any atom is 0.354 e. The molecule has 2 N–H and O–H groups in total. The Bertz CT molecular complexity index is 1050. The fourth-order valence-corrected chi connectivity index (χ4v) is 2.22. The number of rotatable bonds is 4. The van der Waals surface area contributed by atoms with Gasteiger partial charge >= 0.3 is 5.97 Å². The second-order valence-electron chi connectivity index (χ2n) is 5.12. The molecule has 0 atom stereocenters. The van der Waals surface area contributed by atoms with Crippen molar-refractivity contribution in [2.75, 3.05) is 5.32 Å². The summed E-state index contributed by atoms with van der Waals surface area (Å²) >= 11 is 0. The Labute approximate surface area is 139 Å². The fraction of sp³-hybridized carbons (Fsp3) is 0.0625. The number of carboxylic acids is 1. The van der Waals surface area contributed by atoms with E-state index in [0.717, 1.165) is 10.6 Å². The summed E-state index contributed by atoms with van der Waals surface area (Å²) in [6, 6.07) is 6.23. The number of carbonyl (C=O) groups excluding carboxylic acids is 1. The number of amides is 1. The van der Waals surface area contributed by atoms with Gasteiger partial charge < -0.3 is 10.4 Å². The third-order valence-corrected chi connectivity index (χ3v) is 3.36. The predicted molar refractivity (Wildman–Crippen MR) is 85.8 cm³/mol. The topological polar surface area (TPSA) is 114 Å². The average molecular weight is 342 g/mol. The number of hydrogen-bond acceptors (Lipinski definition) is 5. The van der Waals surface area contributed by atoms with Crippen molar-refractivity contribution in [3.8, 4) is 0 Å². The quantitative estimate of drug-likeness (QED) is 0.738. The van der Waals surface area contributed by atoms with Gasteiger partial charge in [0.25, 0.3) is 5.56 Å². The molecule has 2 heterocycles. The number of aromatic carboxylic acids is 1. The van der Waals surface area contributed by atoms with Crippen LogP contribution in [0, 0.1) is 5.82 Å². The van der Waals surface area contributed by atoms with Crippen molar-refractivity contribution >= 4 is 28.5 Å². The lowest BCUT2D eigenvalue weighted by molar-refractivity contribution is -0.116. The first-order valence-electron chi connectivity index (χ1n) is 7.08. The van der Waals surface area contributed by atoms with Crippen molar-refractivity contribution in [1.29, 1.82) is 0 Å². The molecule has 9 heteroatoms. The van der Waals surface area contributed by atoms with Crippen LogP contribution in [0.3, 0.4) is 0 Å². The molecule has 25 heavy (non-hydrogen) atoms. The maximum atomic E-state index is 13.3. The number of nitrogens with one attached hydrogen (secondary N) is 1. The van der Waals surface area contributed by atoms with Gasteiger partial charge in [0.15, 0.2) is 0 Å². The highest BCUT2D eigenvalue weighted by atomic mass is 19.1. The van der Waals surface area contributed by atoms with Crippen molar-refractivity contribution in [2.24, 2.45) is 0 Å². The molecule has 0 saturated heterocycles. The zero-order valence-electron chi connectivity index (χ0n) is 12.6. The van der Waals surface area contributed by atoms with Crippen molar-refractivity contribution in [2.45, 2.75) is 6.54 Å². The summed E-state index contributed by atoms with van der Waals surface area (Å²) in [5, 5.41) is 11.4. The van der Waals surface area contributed by atoms with Crippen LogP contribution in [0.5, 0.6) is 0 Å². The Morgan fingerprint density at radius 3 is 2.76 bits per heavy atom. The molecule has 0 spiro atoms. The Kier molecular flexibility index (Phi) is 4.21. The molecule has 0 aliphatic carbocycles. The largest absolute Gasteiger partial charge is 0.477 e. The standard InChI is InChI=1S/C16H11FN4O4/c17-9-1-2-12-11(5-9)15(23)21(8-19-12)7-14(22)20-10-3-4-18-13(6-10)16(24)25/h1-6,8H,7H2,(H,24,25)(H,18,20,22). The van der Waals surface area contributed by atoms with E-state index < -0.39 is 23.3 Å². The van der Waals surface area contributed by atoms with Crippen molar-refractivity contribution in [3.05, 3.63) is 64.7 Å². The highest BCUT2D eigenvalue weighted by Crippen LogP contribution is 2.10. The third kappa shape index (κ3) is 3.50. The molecule has 0 radical (unpaired) electrons. The highest BCUT2D eigenvalue weighted by Gasteiger charge is 2.11. The minimum absolute atomic E-state index is 0.0624. The van der Waals surface area contributed by atoms with Crippen LogP contribution in [0.1, 0.15) is 10.5 Å². The van der Waals surface area contributed by atoms with Crippen LogP contribution in [0.4, 0.5) is 10.1 Å². The van der Waals surface area contributed by atoms with Gasteiger partial charge in [0.2, 0.25) is 5.91 Å². The lowest BCUT2D eigenvalue weighted by atomic mass is 10.2. The smallest absolute Gasteiger partial charge is 0.354 e. The molecule has 0 aliphatic rings. The van der Waals surface area contributed by atoms with Gasteiger partial charge in [-0.25, -0.2) is 19.2 Å². The molecule has 3 rings (SSSR count). The molecule has 1 aromatic carbocycles. The van der Waals surface area contributed by atoms with Crippen molar-refractivity contribution in [1.82, 2.24) is 14.5 Å². The second-order valence-corrected chi connectivity index (χ2v) is 5.12. The predicted octanol–water partition coefficient (Wildman–Crippen LogP) is 1.27. The number of pyridine rings is 1. The highest BCUT2D eigenvalue weighted by molar-refractivity contribution is 5.93. The van der Waals surface area contributed by atoms with Gasteiger partial charge in [0, 0.05) is 11.9 Å². The van der Waals surface area contributed by atoms with E-state index in [1.54, 1.807) is 0 Å². The number of anilines is 1. The first-order chi connectivity index (χ1) is 11.9. The van der Waals surface area contributed by atoms with E-state index in [0.29, 0.717) is 5.52 Å². The van der Waals surface area contributed by atoms with E-state index in [-0.39, 0.29) is 23.3 Å². The van der Waals surface area contributed by atoms with Gasteiger partial charge in [-0.15, -0.1) is 0 Å². The van der Waals surface area contributed by atoms with Crippen LogP contribution in [0.25, 0.3) is 10.9 Å². The van der Waals surface area contributed by atoms with Crippen LogP contribution < -0.4 is 10.9 Å². The second kappa shape index (κ2) is 6.48. The van der Waals surface area contributed by atoms with Gasteiger partial charge in [-0.2, -0.15) is 0 Å². The summed E-state index contributed by atoms with van der Waals surface area (Å²) in [5.74, 6) is -2.37. The Morgan fingerprint density at radius 1 is 1.20 bits per heavy atom. The van der Waals surface area contributed by atoms with Crippen LogP contribution in [0.2, 0.25) is 0 Å². The fourth-order valence-electron chi connectivity index (χ4n) is 2.22. The number of carbonyl (C=O) groups is 2. The van der Waals surface area contributed by atoms with E-state index in [9.17, 15) is 18.8 Å². The van der Waals surface area contributed by atoms with Crippen molar-refractivity contribution < 1.29 is 19.1 Å². The molecule has 0 saturated carbocycles. The van der Waals surface area contributed by atoms with Crippen LogP contribution in [-0.2, 0) is 11.3 Å². The van der Waals surface area contributed by atoms with E-state index in [1.165, 1.54) is 36.8 Å². The first-order valence-corrected chi connectivity index (χ1v) is 7.08. The van der Waals surface area contributed by atoms with E-state index in [2.05, 4.69) is 15.3 Å². The molecule has 0 fully saturated rings. The Balaban J connectivity index is 1.83. The van der Waals surface area contributed by atoms with Crippen LogP contribution in [0.15, 0.2) is 47.7 Å². The van der Waals surface area contributed by atoms with Gasteiger partial charge in [-0.05, 0) is 30.3 Å². The summed E-state index contributed by atoms with van der Waals surface area (Å²) in [5.41, 5.74) is -0.230. The average Bonchev–Trinajstić information content (AvgIpc) is 2.58. The molecule has 8 nitrogen and oxygen atoms in total. The number of halogens is 1. The number of carboxylic acid groups (broad SMARTS) is 1. The summed E-state index contributed by atoms with van der Waals surface area (Å²) < 4.78 is 14.3. The zero-order chi connectivity index (χ0) is 18.0. The van der Waals surface area contributed by atoms with Gasteiger partial charge in [-0.1, -0.05) is 0 Å². The number of fused-ring (bicyclic) bond motifs is 1. The molecule has 0 aliphatic heterocycles.